The summed E-state index contributed by atoms with van der Waals surface area (Å²) in [7, 11) is -4.14. The number of anilines is 1. The third-order valence-corrected chi connectivity index (χ3v) is 6.21. The van der Waals surface area contributed by atoms with Gasteiger partial charge in [0.05, 0.1) is 7.11 Å². The number of β-lactam (4-membered cyclic amide) rings is 1. The van der Waals surface area contributed by atoms with E-state index in [4.69, 9.17) is 15.5 Å². The van der Waals surface area contributed by atoms with E-state index in [9.17, 15) is 22.8 Å². The molecule has 1 saturated heterocycles. The first kappa shape index (κ1) is 29.7. The van der Waals surface area contributed by atoms with E-state index in [-0.39, 0.29) is 15.1 Å². The van der Waals surface area contributed by atoms with Gasteiger partial charge in [-0.15, -0.1) is 11.3 Å². The monoisotopic (exact) mass is 533 g/mol. The maximum Gasteiger partial charge on any atom is 0.363 e. The molecule has 4 N–H and O–H groups in total. The Morgan fingerprint density at radius 2 is 1.97 bits per heavy atom. The Bertz CT molecular complexity index is 1070. The van der Waals surface area contributed by atoms with Crippen LogP contribution in [0.25, 0.3) is 0 Å². The average molecular weight is 534 g/mol. The van der Waals surface area contributed by atoms with Crippen molar-refractivity contribution in [3.05, 3.63) is 11.1 Å². The van der Waals surface area contributed by atoms with Crippen LogP contribution in [0.15, 0.2) is 10.5 Å². The number of amides is 2. The molecule has 0 saturated carbocycles. The Morgan fingerprint density at radius 3 is 2.37 bits per heavy atom. The average Bonchev–Trinajstić information content (AvgIpc) is 3.24. The molecule has 0 spiro atoms. The van der Waals surface area contributed by atoms with Crippen LogP contribution in [-0.4, -0.2) is 96.1 Å². The fourth-order valence-electron chi connectivity index (χ4n) is 2.82. The topological polar surface area (TPSA) is 218 Å². The second kappa shape index (κ2) is 13.5. The van der Waals surface area contributed by atoms with Crippen LogP contribution < -0.4 is 11.1 Å². The highest BCUT2D eigenvalue weighted by Gasteiger charge is 2.58. The molecular weight excluding hydrogens is 506 g/mol. The van der Waals surface area contributed by atoms with Crippen LogP contribution in [0.4, 0.5) is 5.13 Å². The largest absolute Gasteiger partial charge is 0.467 e. The van der Waals surface area contributed by atoms with Gasteiger partial charge in [0.1, 0.15) is 17.8 Å². The van der Waals surface area contributed by atoms with Crippen LogP contribution in [0, 0.1) is 11.3 Å². The highest BCUT2D eigenvalue weighted by Crippen LogP contribution is 2.25. The molecule has 2 heterocycles. The Kier molecular flexibility index (Phi) is 11.5. The number of aromatic nitrogens is 1. The summed E-state index contributed by atoms with van der Waals surface area (Å²) in [4.78, 5) is 47.1. The van der Waals surface area contributed by atoms with E-state index < -0.39 is 52.5 Å². The van der Waals surface area contributed by atoms with Crippen LogP contribution in [-0.2, 0) is 34.3 Å². The van der Waals surface area contributed by atoms with Gasteiger partial charge < -0.3 is 25.5 Å². The molecule has 35 heavy (non-hydrogen) atoms. The molecule has 194 valence electrons. The van der Waals surface area contributed by atoms with Crippen molar-refractivity contribution in [1.82, 2.24) is 19.5 Å². The molecule has 0 bridgehead atoms. The lowest BCUT2D eigenvalue weighted by Gasteiger charge is -2.41. The summed E-state index contributed by atoms with van der Waals surface area (Å²) >= 11 is 0.965. The third-order valence-electron chi connectivity index (χ3n) is 4.64. The molecule has 2 amide bonds. The summed E-state index contributed by atoms with van der Waals surface area (Å²) < 4.78 is 35.8. The minimum atomic E-state index is -5.06. The number of ether oxygens (including phenoxy) is 1. The van der Waals surface area contributed by atoms with Crippen molar-refractivity contribution in [3.8, 4) is 6.07 Å². The van der Waals surface area contributed by atoms with Crippen LogP contribution in [0.5, 0.6) is 0 Å². The van der Waals surface area contributed by atoms with Gasteiger partial charge in [0.25, 0.3) is 11.8 Å². The van der Waals surface area contributed by atoms with Crippen LogP contribution >= 0.6 is 11.3 Å². The predicted molar refractivity (Wildman–Crippen MR) is 124 cm³/mol. The highest BCUT2D eigenvalue weighted by atomic mass is 32.2. The quantitative estimate of drug-likeness (QED) is 0.0823. The van der Waals surface area contributed by atoms with E-state index in [1.165, 1.54) is 25.0 Å². The van der Waals surface area contributed by atoms with E-state index in [0.717, 1.165) is 18.4 Å². The van der Waals surface area contributed by atoms with Crippen LogP contribution in [0.1, 0.15) is 26.5 Å². The van der Waals surface area contributed by atoms with Crippen LogP contribution in [0.3, 0.4) is 0 Å². The van der Waals surface area contributed by atoms with E-state index in [1.807, 2.05) is 0 Å². The molecule has 17 heteroatoms. The van der Waals surface area contributed by atoms with Gasteiger partial charge in [0.2, 0.25) is 6.61 Å². The lowest BCUT2D eigenvalue weighted by Crippen LogP contribution is -2.74. The number of nitrogens with two attached hydrogens (primary N) is 1. The number of rotatable bonds is 10. The van der Waals surface area contributed by atoms with Gasteiger partial charge in [-0.05, 0) is 19.6 Å². The Hall–Kier alpha value is -3.33. The molecule has 0 radical (unpaired) electrons. The SMILES string of the molecule is CCN(CC)CC.COC(=O)[C@H]1[C@@H](NC(=O)/C(=N\OCC#N)c2csc(N)n2)C(=O)N1S(=O)(=O)O. The smallest absolute Gasteiger partial charge is 0.363 e. The molecule has 0 aromatic carbocycles. The summed E-state index contributed by atoms with van der Waals surface area (Å²) in [6.45, 7) is 9.63. The number of oxime groups is 1. The van der Waals surface area contributed by atoms with Gasteiger partial charge in [-0.1, -0.05) is 25.9 Å². The van der Waals surface area contributed by atoms with Crippen molar-refractivity contribution in [1.29, 1.82) is 5.26 Å². The predicted octanol–water partition coefficient (Wildman–Crippen LogP) is -1.01. The number of thiazole rings is 1. The summed E-state index contributed by atoms with van der Waals surface area (Å²) in [5.41, 5.74) is 4.96. The first-order chi connectivity index (χ1) is 16.5. The maximum absolute atomic E-state index is 12.5. The number of nitrogens with zero attached hydrogens (tertiary/aromatic N) is 5. The minimum Gasteiger partial charge on any atom is -0.467 e. The number of hydrogen-bond acceptors (Lipinski definition) is 13. The Labute approximate surface area is 206 Å². The van der Waals surface area contributed by atoms with Crippen molar-refractivity contribution >= 4 is 50.3 Å². The van der Waals surface area contributed by atoms with Crippen molar-refractivity contribution in [2.45, 2.75) is 32.9 Å². The van der Waals surface area contributed by atoms with Gasteiger partial charge in [0, 0.05) is 5.38 Å². The number of nitrogen functional groups attached to an aromatic ring is 1. The summed E-state index contributed by atoms with van der Waals surface area (Å²) in [6, 6.07) is -1.87. The molecule has 2 atom stereocenters. The number of nitrogens with one attached hydrogen (secondary N) is 1. The molecule has 1 aromatic rings. The van der Waals surface area contributed by atoms with E-state index >= 15 is 0 Å². The zero-order chi connectivity index (χ0) is 26.8. The van der Waals surface area contributed by atoms with Crippen molar-refractivity contribution in [2.24, 2.45) is 5.16 Å². The second-order valence-electron chi connectivity index (χ2n) is 6.59. The fourth-order valence-corrected chi connectivity index (χ4v) is 4.20. The third kappa shape index (κ3) is 7.85. The van der Waals surface area contributed by atoms with E-state index in [0.29, 0.717) is 0 Å². The number of esters is 1. The zero-order valence-electron chi connectivity index (χ0n) is 19.5. The first-order valence-corrected chi connectivity index (χ1v) is 12.4. The summed E-state index contributed by atoms with van der Waals surface area (Å²) in [5.74, 6) is -3.55. The summed E-state index contributed by atoms with van der Waals surface area (Å²) in [5, 5.41) is 15.5. The van der Waals surface area contributed by atoms with Crippen molar-refractivity contribution < 1.29 is 36.9 Å². The Morgan fingerprint density at radius 1 is 1.37 bits per heavy atom. The molecule has 1 fully saturated rings. The van der Waals surface area contributed by atoms with E-state index in [1.54, 1.807) is 6.07 Å². The van der Waals surface area contributed by atoms with Gasteiger partial charge in [-0.25, -0.2) is 9.78 Å². The van der Waals surface area contributed by atoms with Crippen molar-refractivity contribution in [2.75, 3.05) is 39.1 Å². The minimum absolute atomic E-state index is 0.0500. The second-order valence-corrected chi connectivity index (χ2v) is 8.77. The number of carbonyl (C=O) groups excluding carboxylic acids is 3. The van der Waals surface area contributed by atoms with Gasteiger partial charge in [0.15, 0.2) is 16.9 Å². The lowest BCUT2D eigenvalue weighted by atomic mass is 9.98. The first-order valence-electron chi connectivity index (χ1n) is 10.2. The molecule has 15 nitrogen and oxygen atoms in total. The highest BCUT2D eigenvalue weighted by molar-refractivity contribution is 7.84. The van der Waals surface area contributed by atoms with Gasteiger partial charge in [-0.2, -0.15) is 18.0 Å². The maximum atomic E-state index is 12.5. The number of hydrogen-bond donors (Lipinski definition) is 3. The number of nitriles is 1. The number of carbonyl (C=O) groups is 3. The van der Waals surface area contributed by atoms with Gasteiger partial charge >= 0.3 is 16.3 Å². The molecule has 1 aliphatic heterocycles. The normalized spacial score (nSPS) is 17.6. The van der Waals surface area contributed by atoms with E-state index in [2.05, 4.69) is 50.7 Å². The molecule has 0 unspecified atom stereocenters. The molecule has 1 aromatic heterocycles. The summed E-state index contributed by atoms with van der Waals surface area (Å²) in [6.07, 6.45) is 0. The molecule has 0 aliphatic carbocycles. The zero-order valence-corrected chi connectivity index (χ0v) is 21.1. The molecule has 2 rings (SSSR count). The van der Waals surface area contributed by atoms with Crippen LogP contribution in [0.2, 0.25) is 0 Å². The number of methoxy groups -OCH3 is 1. The van der Waals surface area contributed by atoms with Crippen molar-refractivity contribution in [3.63, 3.8) is 0 Å². The molecular formula is C18H27N7O8S2. The molecule has 1 aliphatic rings. The fraction of sp³-hybridized carbons (Fsp3) is 0.556. The Balaban J connectivity index is 0.000000762. The lowest BCUT2D eigenvalue weighted by molar-refractivity contribution is -0.162. The standard InChI is InChI=1S/C12H12N6O8S2.C6H15N/c1-25-11(21)8-7(10(20)18(8)28(22,23)24)16-9(19)6(17-26-3-2-13)5-4-27-12(14)15-5;1-4-7(5-2)6-3/h4,7-8H,3H2,1H3,(H2,14,15)(H,16,19)(H,22,23,24);4-6H2,1-3H3/b17-6-;/t7-,8-;/m1./s1. The van der Waals surface area contributed by atoms with Gasteiger partial charge in [-0.3, -0.25) is 14.1 Å².